The van der Waals surface area contributed by atoms with Crippen molar-refractivity contribution in [1.82, 2.24) is 9.80 Å². The highest BCUT2D eigenvalue weighted by Crippen LogP contribution is 2.35. The van der Waals surface area contributed by atoms with Crippen LogP contribution < -0.4 is 19.4 Å². The standard InChI is InChI=1S/C29H36N4O5/c1-6-37-29(35)25-26(23-19-20(2)7-12-24(23)30-27(25)38-18-17-31(3)4)32-13-15-33(16-14-32)28(34)21-8-10-22(36-5)11-9-21/h7-12,19H,6,13-18H2,1-5H3/p+1. The molecule has 9 heteroatoms. The van der Waals surface area contributed by atoms with Gasteiger partial charge in [0.1, 0.15) is 12.4 Å². The number of likely N-dealkylation sites (N-methyl/N-ethyl adjacent to an activating group) is 1. The van der Waals surface area contributed by atoms with Gasteiger partial charge in [0.15, 0.2) is 5.56 Å². The van der Waals surface area contributed by atoms with E-state index in [0.29, 0.717) is 62.1 Å². The number of carbonyl (C=O) groups is 2. The lowest BCUT2D eigenvalue weighted by Crippen LogP contribution is -2.49. The van der Waals surface area contributed by atoms with Gasteiger partial charge in [-0.3, -0.25) is 4.79 Å². The van der Waals surface area contributed by atoms with Crippen LogP contribution in [0.4, 0.5) is 5.69 Å². The van der Waals surface area contributed by atoms with E-state index in [2.05, 4.69) is 16.0 Å². The van der Waals surface area contributed by atoms with Crippen LogP contribution in [0.5, 0.6) is 11.6 Å². The summed E-state index contributed by atoms with van der Waals surface area (Å²) in [7, 11) is 5.55. The van der Waals surface area contributed by atoms with E-state index in [1.807, 2.05) is 43.0 Å². The zero-order valence-electron chi connectivity index (χ0n) is 22.9. The lowest BCUT2D eigenvalue weighted by molar-refractivity contribution is -0.363. The molecule has 1 amide bonds. The lowest BCUT2D eigenvalue weighted by atomic mass is 10.0. The van der Waals surface area contributed by atoms with Crippen molar-refractivity contribution in [2.24, 2.45) is 0 Å². The monoisotopic (exact) mass is 521 g/mol. The smallest absolute Gasteiger partial charge is 0.383 e. The first-order valence-electron chi connectivity index (χ1n) is 12.9. The van der Waals surface area contributed by atoms with Gasteiger partial charge in [-0.25, -0.2) is 4.79 Å². The maximum absolute atomic E-state index is 13.3. The highest BCUT2D eigenvalue weighted by molar-refractivity contribution is 6.06. The van der Waals surface area contributed by atoms with Crippen LogP contribution in [0, 0.1) is 6.92 Å². The van der Waals surface area contributed by atoms with Crippen LogP contribution in [-0.2, 0) is 4.74 Å². The number of H-pyrrole nitrogens is 1. The van der Waals surface area contributed by atoms with E-state index in [1.54, 1.807) is 38.3 Å². The van der Waals surface area contributed by atoms with Gasteiger partial charge in [-0.15, -0.1) is 0 Å². The predicted octanol–water partition coefficient (Wildman–Crippen LogP) is 3.05. The molecular formula is C29H37N4O5+. The molecule has 9 nitrogen and oxygen atoms in total. The third-order valence-electron chi connectivity index (χ3n) is 6.63. The molecule has 1 aliphatic heterocycles. The Labute approximate surface area is 223 Å². The number of aromatic nitrogens is 1. The number of aromatic amines is 1. The largest absolute Gasteiger partial charge is 0.497 e. The van der Waals surface area contributed by atoms with Crippen molar-refractivity contribution in [3.8, 4) is 11.6 Å². The number of methoxy groups -OCH3 is 1. The number of anilines is 1. The SMILES string of the molecule is CCOC(=O)c1c(OCCN(C)C)[nH+]c2ccc(C)cc2c1N1CCN(C(=O)c2ccc(OC)cc2)CC1. The maximum Gasteiger partial charge on any atom is 0.383 e. The van der Waals surface area contributed by atoms with Gasteiger partial charge in [0.05, 0.1) is 24.8 Å². The Morgan fingerprint density at radius 3 is 2.37 bits per heavy atom. The molecule has 1 N–H and O–H groups in total. The summed E-state index contributed by atoms with van der Waals surface area (Å²) < 4.78 is 16.8. The highest BCUT2D eigenvalue weighted by atomic mass is 16.5. The van der Waals surface area contributed by atoms with Crippen molar-refractivity contribution < 1.29 is 28.8 Å². The summed E-state index contributed by atoms with van der Waals surface area (Å²) in [6.45, 7) is 7.37. The molecule has 0 atom stereocenters. The van der Waals surface area contributed by atoms with Crippen LogP contribution in [0.25, 0.3) is 10.9 Å². The number of pyridine rings is 1. The lowest BCUT2D eigenvalue weighted by Gasteiger charge is -2.37. The summed E-state index contributed by atoms with van der Waals surface area (Å²) in [5.41, 5.74) is 3.74. The number of aryl methyl sites for hydroxylation is 1. The fraction of sp³-hybridized carbons (Fsp3) is 0.414. The number of benzene rings is 2. The number of nitrogens with zero attached hydrogens (tertiary/aromatic N) is 3. The number of nitrogens with one attached hydrogen (secondary N) is 1. The Balaban J connectivity index is 1.67. The summed E-state index contributed by atoms with van der Waals surface area (Å²) >= 11 is 0. The first-order chi connectivity index (χ1) is 18.3. The van der Waals surface area contributed by atoms with E-state index in [9.17, 15) is 9.59 Å². The molecule has 2 aromatic carbocycles. The number of fused-ring (bicyclic) bond motifs is 1. The van der Waals surface area contributed by atoms with Gasteiger partial charge in [0, 0.05) is 44.4 Å². The average molecular weight is 522 g/mol. The van der Waals surface area contributed by atoms with Crippen molar-refractivity contribution >= 4 is 28.5 Å². The summed E-state index contributed by atoms with van der Waals surface area (Å²) in [5, 5.41) is 0.919. The molecule has 0 aliphatic carbocycles. The van der Waals surface area contributed by atoms with Gasteiger partial charge in [-0.1, -0.05) is 6.07 Å². The Morgan fingerprint density at radius 2 is 1.74 bits per heavy atom. The molecule has 0 radical (unpaired) electrons. The molecule has 1 aliphatic rings. The molecule has 1 fully saturated rings. The molecule has 1 aromatic heterocycles. The minimum Gasteiger partial charge on any atom is -0.497 e. The number of carbonyl (C=O) groups excluding carboxylic acids is 2. The van der Waals surface area contributed by atoms with E-state index >= 15 is 0 Å². The van der Waals surface area contributed by atoms with Crippen molar-refractivity contribution in [2.45, 2.75) is 13.8 Å². The molecule has 0 bridgehead atoms. The Kier molecular flexibility index (Phi) is 8.68. The van der Waals surface area contributed by atoms with Crippen LogP contribution in [-0.4, -0.2) is 88.8 Å². The second kappa shape index (κ2) is 12.1. The molecular weight excluding hydrogens is 484 g/mol. The minimum atomic E-state index is -0.432. The van der Waals surface area contributed by atoms with E-state index in [0.717, 1.165) is 22.2 Å². The summed E-state index contributed by atoms with van der Waals surface area (Å²) in [5.74, 6) is 0.657. The summed E-state index contributed by atoms with van der Waals surface area (Å²) in [6, 6.07) is 13.3. The Morgan fingerprint density at radius 1 is 1.03 bits per heavy atom. The van der Waals surface area contributed by atoms with Crippen LogP contribution in [0.15, 0.2) is 42.5 Å². The topological polar surface area (TPSA) is 85.7 Å². The van der Waals surface area contributed by atoms with Crippen molar-refractivity contribution in [2.75, 3.05) is 72.0 Å². The summed E-state index contributed by atoms with van der Waals surface area (Å²) in [6.07, 6.45) is 0. The first kappa shape index (κ1) is 27.2. The predicted molar refractivity (Wildman–Crippen MR) is 146 cm³/mol. The number of amides is 1. The van der Waals surface area contributed by atoms with Gasteiger partial charge in [-0.05, 0) is 63.8 Å². The quantitative estimate of drug-likeness (QED) is 0.400. The molecule has 202 valence electrons. The zero-order chi connectivity index (χ0) is 27.2. The normalized spacial score (nSPS) is 13.6. The molecule has 4 rings (SSSR count). The number of hydrogen-bond donors (Lipinski definition) is 0. The van der Waals surface area contributed by atoms with E-state index in [-0.39, 0.29) is 12.5 Å². The van der Waals surface area contributed by atoms with Crippen molar-refractivity contribution in [3.05, 3.63) is 59.2 Å². The molecule has 0 spiro atoms. The molecule has 0 saturated carbocycles. The number of esters is 1. The van der Waals surface area contributed by atoms with Crippen LogP contribution in [0.3, 0.4) is 0 Å². The van der Waals surface area contributed by atoms with Crippen LogP contribution in [0.1, 0.15) is 33.2 Å². The highest BCUT2D eigenvalue weighted by Gasteiger charge is 2.33. The van der Waals surface area contributed by atoms with Crippen LogP contribution >= 0.6 is 0 Å². The Bertz CT molecular complexity index is 1280. The maximum atomic E-state index is 13.3. The fourth-order valence-corrected chi connectivity index (χ4v) is 4.60. The molecule has 38 heavy (non-hydrogen) atoms. The molecule has 1 saturated heterocycles. The van der Waals surface area contributed by atoms with E-state index < -0.39 is 5.97 Å². The fourth-order valence-electron chi connectivity index (χ4n) is 4.60. The second-order valence-electron chi connectivity index (χ2n) is 9.61. The number of ether oxygens (including phenoxy) is 3. The second-order valence-corrected chi connectivity index (χ2v) is 9.61. The minimum absolute atomic E-state index is 0.0206. The van der Waals surface area contributed by atoms with Crippen molar-refractivity contribution in [3.63, 3.8) is 0 Å². The van der Waals surface area contributed by atoms with E-state index in [4.69, 9.17) is 14.2 Å². The number of rotatable bonds is 9. The molecule has 2 heterocycles. The average Bonchev–Trinajstić information content (AvgIpc) is 2.92. The summed E-state index contributed by atoms with van der Waals surface area (Å²) in [4.78, 5) is 35.8. The van der Waals surface area contributed by atoms with Gasteiger partial charge in [-0.2, -0.15) is 4.98 Å². The zero-order valence-corrected chi connectivity index (χ0v) is 22.9. The molecule has 0 unspecified atom stereocenters. The van der Waals surface area contributed by atoms with Crippen LogP contribution in [0.2, 0.25) is 0 Å². The first-order valence-corrected chi connectivity index (χ1v) is 12.9. The van der Waals surface area contributed by atoms with E-state index in [1.165, 1.54) is 0 Å². The van der Waals surface area contributed by atoms with Gasteiger partial charge < -0.3 is 28.9 Å². The third kappa shape index (κ3) is 5.99. The van der Waals surface area contributed by atoms with Gasteiger partial charge in [0.25, 0.3) is 5.91 Å². The Hall–Kier alpha value is -3.85. The van der Waals surface area contributed by atoms with Crippen molar-refractivity contribution in [1.29, 1.82) is 0 Å². The third-order valence-corrected chi connectivity index (χ3v) is 6.63. The van der Waals surface area contributed by atoms with Gasteiger partial charge >= 0.3 is 11.8 Å². The number of piperazine rings is 1. The molecule has 3 aromatic rings. The van der Waals surface area contributed by atoms with Gasteiger partial charge in [0.2, 0.25) is 5.52 Å². The number of hydrogen-bond acceptors (Lipinski definition) is 7.